The minimum atomic E-state index is -0.651. The van der Waals surface area contributed by atoms with Crippen LogP contribution >= 0.6 is 11.8 Å². The van der Waals surface area contributed by atoms with Gasteiger partial charge in [-0.2, -0.15) is 0 Å². The predicted octanol–water partition coefficient (Wildman–Crippen LogP) is 3.52. The van der Waals surface area contributed by atoms with Gasteiger partial charge in [0.25, 0.3) is 5.91 Å². The van der Waals surface area contributed by atoms with E-state index in [-0.39, 0.29) is 35.9 Å². The second-order valence-electron chi connectivity index (χ2n) is 9.14. The van der Waals surface area contributed by atoms with Crippen LogP contribution in [0.3, 0.4) is 0 Å². The number of nitrogens with zero attached hydrogens (tertiary/aromatic N) is 3. The largest absolute Gasteiger partial charge is 0.467 e. The molecule has 188 valence electrons. The molecule has 2 aliphatic heterocycles. The minimum absolute atomic E-state index is 0.0309. The number of carbonyl (C=O) groups excluding carboxylic acids is 3. The average Bonchev–Trinajstić information content (AvgIpc) is 3.53. The highest BCUT2D eigenvalue weighted by Gasteiger charge is 2.41. The Kier molecular flexibility index (Phi) is 7.50. The number of rotatable bonds is 8. The number of hydrogen-bond acceptors (Lipinski definition) is 7. The standard InChI is InChI=1S/C26H29N5O4S/c32-22(28-17-7-2-1-3-8-17)13-12-21-25(34)31-24(29-21)19-10-4-5-11-20(19)30-26(31)36-16-23(33)27-15-18-9-6-14-35-18/h4-6,9-11,14,17,21H,1-3,7-8,12-13,15-16H2,(H,27,33)(H,28,32)/t21-/m0/s1. The zero-order valence-corrected chi connectivity index (χ0v) is 20.8. The molecule has 1 aromatic heterocycles. The van der Waals surface area contributed by atoms with Crippen molar-refractivity contribution in [2.45, 2.75) is 63.6 Å². The molecule has 0 unspecified atom stereocenters. The summed E-state index contributed by atoms with van der Waals surface area (Å²) in [4.78, 5) is 49.1. The van der Waals surface area contributed by atoms with E-state index in [0.717, 1.165) is 31.2 Å². The van der Waals surface area contributed by atoms with Gasteiger partial charge in [0.05, 0.1) is 24.2 Å². The second-order valence-corrected chi connectivity index (χ2v) is 10.1. The number of amidine groups is 2. The fraction of sp³-hybridized carbons (Fsp3) is 0.423. The first-order valence-corrected chi connectivity index (χ1v) is 13.4. The Morgan fingerprint density at radius 2 is 1.92 bits per heavy atom. The highest BCUT2D eigenvalue weighted by atomic mass is 32.2. The number of fused-ring (bicyclic) bond motifs is 3. The minimum Gasteiger partial charge on any atom is -0.467 e. The van der Waals surface area contributed by atoms with Crippen LogP contribution in [-0.2, 0) is 20.9 Å². The van der Waals surface area contributed by atoms with Crippen molar-refractivity contribution in [1.82, 2.24) is 15.5 Å². The lowest BCUT2D eigenvalue weighted by Gasteiger charge is -2.25. The Hall–Kier alpha value is -3.40. The van der Waals surface area contributed by atoms with Crippen LogP contribution in [-0.4, -0.2) is 51.5 Å². The summed E-state index contributed by atoms with van der Waals surface area (Å²) in [7, 11) is 0. The van der Waals surface area contributed by atoms with Crippen LogP contribution in [0, 0.1) is 0 Å². The third-order valence-corrected chi connectivity index (χ3v) is 7.47. The van der Waals surface area contributed by atoms with E-state index in [1.807, 2.05) is 24.3 Å². The number of furan rings is 1. The molecular formula is C26H29N5O4S. The zero-order valence-electron chi connectivity index (χ0n) is 19.9. The summed E-state index contributed by atoms with van der Waals surface area (Å²) in [6.07, 6.45) is 7.70. The molecule has 1 aromatic carbocycles. The fourth-order valence-corrected chi connectivity index (χ4v) is 5.51. The van der Waals surface area contributed by atoms with E-state index in [4.69, 9.17) is 9.41 Å². The van der Waals surface area contributed by atoms with E-state index in [1.54, 1.807) is 18.4 Å². The van der Waals surface area contributed by atoms with Gasteiger partial charge >= 0.3 is 0 Å². The summed E-state index contributed by atoms with van der Waals surface area (Å²) in [6.45, 7) is 0.294. The molecule has 1 atom stereocenters. The molecule has 5 rings (SSSR count). The summed E-state index contributed by atoms with van der Waals surface area (Å²) < 4.78 is 5.24. The molecule has 2 aromatic rings. The molecule has 3 heterocycles. The number of carbonyl (C=O) groups is 3. The predicted molar refractivity (Wildman–Crippen MR) is 138 cm³/mol. The molecule has 9 nitrogen and oxygen atoms in total. The van der Waals surface area contributed by atoms with Crippen molar-refractivity contribution >= 4 is 46.2 Å². The molecule has 0 spiro atoms. The van der Waals surface area contributed by atoms with E-state index in [2.05, 4.69) is 15.6 Å². The van der Waals surface area contributed by atoms with Crippen LogP contribution in [0.5, 0.6) is 0 Å². The summed E-state index contributed by atoms with van der Waals surface area (Å²) in [5.74, 6) is 0.842. The first-order chi connectivity index (χ1) is 17.6. The van der Waals surface area contributed by atoms with Crippen LogP contribution in [0.1, 0.15) is 56.3 Å². The van der Waals surface area contributed by atoms with Gasteiger partial charge in [-0.05, 0) is 43.5 Å². The van der Waals surface area contributed by atoms with Gasteiger partial charge < -0.3 is 15.1 Å². The molecule has 0 radical (unpaired) electrons. The third-order valence-electron chi connectivity index (χ3n) is 6.54. The molecule has 1 saturated carbocycles. The van der Waals surface area contributed by atoms with Crippen molar-refractivity contribution in [3.8, 4) is 0 Å². The van der Waals surface area contributed by atoms with Crippen molar-refractivity contribution < 1.29 is 18.8 Å². The van der Waals surface area contributed by atoms with Crippen LogP contribution in [0.25, 0.3) is 0 Å². The van der Waals surface area contributed by atoms with E-state index < -0.39 is 6.04 Å². The third kappa shape index (κ3) is 5.53. The molecular weight excluding hydrogens is 478 g/mol. The van der Waals surface area contributed by atoms with Crippen molar-refractivity contribution in [2.24, 2.45) is 9.98 Å². The Morgan fingerprint density at radius 3 is 2.72 bits per heavy atom. The van der Waals surface area contributed by atoms with Gasteiger partial charge in [-0.3, -0.25) is 19.4 Å². The number of nitrogens with one attached hydrogen (secondary N) is 2. The maximum Gasteiger partial charge on any atom is 0.259 e. The van der Waals surface area contributed by atoms with E-state index in [9.17, 15) is 14.4 Å². The normalized spacial score (nSPS) is 19.3. The van der Waals surface area contributed by atoms with E-state index in [0.29, 0.717) is 35.4 Å². The van der Waals surface area contributed by atoms with Crippen LogP contribution in [0.2, 0.25) is 0 Å². The van der Waals surface area contributed by atoms with Gasteiger partial charge in [-0.1, -0.05) is 43.2 Å². The molecule has 1 fully saturated rings. The van der Waals surface area contributed by atoms with Crippen LogP contribution in [0.4, 0.5) is 5.69 Å². The average molecular weight is 508 g/mol. The first kappa shape index (κ1) is 24.3. The number of para-hydroxylation sites is 1. The Morgan fingerprint density at radius 1 is 1.08 bits per heavy atom. The molecule has 3 amide bonds. The van der Waals surface area contributed by atoms with Crippen LogP contribution < -0.4 is 10.6 Å². The summed E-state index contributed by atoms with van der Waals surface area (Å²) in [5.41, 5.74) is 1.47. The molecule has 1 aliphatic carbocycles. The SMILES string of the molecule is O=C(CSC1=Nc2ccccc2C2=N[C@@H](CCC(=O)NC3CCCCC3)C(=O)N12)NCc1ccco1. The number of benzene rings is 1. The van der Waals surface area contributed by atoms with E-state index in [1.165, 1.54) is 23.1 Å². The Labute approximate surface area is 213 Å². The van der Waals surface area contributed by atoms with E-state index >= 15 is 0 Å². The second kappa shape index (κ2) is 11.1. The number of hydrogen-bond donors (Lipinski definition) is 2. The van der Waals surface area contributed by atoms with Crippen molar-refractivity contribution in [3.63, 3.8) is 0 Å². The first-order valence-electron chi connectivity index (χ1n) is 12.4. The Bertz CT molecular complexity index is 1190. The monoisotopic (exact) mass is 507 g/mol. The number of thioether (sulfide) groups is 1. The van der Waals surface area contributed by atoms with Crippen LogP contribution in [0.15, 0.2) is 57.1 Å². The summed E-state index contributed by atoms with van der Waals surface area (Å²) in [5, 5.41) is 6.33. The highest BCUT2D eigenvalue weighted by molar-refractivity contribution is 8.14. The van der Waals surface area contributed by atoms with Gasteiger partial charge in [0.2, 0.25) is 11.8 Å². The molecule has 0 bridgehead atoms. The fourth-order valence-electron chi connectivity index (χ4n) is 4.68. The molecule has 0 saturated heterocycles. The maximum atomic E-state index is 13.4. The van der Waals surface area contributed by atoms with Gasteiger partial charge in [-0.15, -0.1) is 0 Å². The smallest absolute Gasteiger partial charge is 0.259 e. The van der Waals surface area contributed by atoms with Gasteiger partial charge in [0.1, 0.15) is 17.6 Å². The number of aliphatic imine (C=N–C) groups is 2. The lowest BCUT2D eigenvalue weighted by atomic mass is 9.95. The van der Waals surface area contributed by atoms with Crippen molar-refractivity contribution in [3.05, 3.63) is 54.0 Å². The number of amides is 3. The van der Waals surface area contributed by atoms with Gasteiger partial charge in [0.15, 0.2) is 5.17 Å². The lowest BCUT2D eigenvalue weighted by molar-refractivity contribution is -0.125. The highest BCUT2D eigenvalue weighted by Crippen LogP contribution is 2.34. The Balaban J connectivity index is 1.23. The summed E-state index contributed by atoms with van der Waals surface area (Å²) in [6, 6.07) is 10.6. The topological polar surface area (TPSA) is 116 Å². The van der Waals surface area contributed by atoms with Gasteiger partial charge in [-0.25, -0.2) is 9.89 Å². The zero-order chi connectivity index (χ0) is 24.9. The molecule has 3 aliphatic rings. The van der Waals surface area contributed by atoms with Gasteiger partial charge in [0, 0.05) is 18.0 Å². The molecule has 36 heavy (non-hydrogen) atoms. The maximum absolute atomic E-state index is 13.4. The quantitative estimate of drug-likeness (QED) is 0.567. The van der Waals surface area contributed by atoms with Crippen molar-refractivity contribution in [1.29, 1.82) is 0 Å². The molecule has 2 N–H and O–H groups in total. The molecule has 10 heteroatoms. The lowest BCUT2D eigenvalue weighted by Crippen LogP contribution is -2.42. The summed E-state index contributed by atoms with van der Waals surface area (Å²) >= 11 is 1.19. The van der Waals surface area contributed by atoms with Crippen molar-refractivity contribution in [2.75, 3.05) is 5.75 Å².